The Morgan fingerprint density at radius 2 is 1.72 bits per heavy atom. The molecular formula is C20H16N2O3. The molecule has 0 aliphatic rings. The van der Waals surface area contributed by atoms with Gasteiger partial charge < -0.3 is 14.6 Å². The quantitative estimate of drug-likeness (QED) is 0.576. The zero-order chi connectivity index (χ0) is 17.2. The normalized spacial score (nSPS) is 10.8. The highest BCUT2D eigenvalue weighted by molar-refractivity contribution is 5.91. The van der Waals surface area contributed by atoms with Crippen molar-refractivity contribution in [1.29, 1.82) is 0 Å². The minimum absolute atomic E-state index is 0.248. The second-order valence-corrected chi connectivity index (χ2v) is 5.65. The van der Waals surface area contributed by atoms with E-state index in [-0.39, 0.29) is 5.56 Å². The molecule has 0 aliphatic heterocycles. The van der Waals surface area contributed by atoms with Gasteiger partial charge in [0, 0.05) is 5.69 Å². The number of aromatic amines is 1. The van der Waals surface area contributed by atoms with Gasteiger partial charge in [-0.15, -0.1) is 0 Å². The first-order chi connectivity index (χ1) is 12.2. The van der Waals surface area contributed by atoms with Crippen molar-refractivity contribution in [3.8, 4) is 16.9 Å². The molecule has 0 bridgehead atoms. The van der Waals surface area contributed by atoms with Gasteiger partial charge in [0.25, 0.3) is 5.56 Å². The maximum absolute atomic E-state index is 11.9. The smallest absolute Gasteiger partial charge is 0.289 e. The number of nitrogens with one attached hydrogen (secondary N) is 2. The molecule has 1 heterocycles. The van der Waals surface area contributed by atoms with Gasteiger partial charge in [-0.25, -0.2) is 0 Å². The third-order valence-electron chi connectivity index (χ3n) is 4.05. The van der Waals surface area contributed by atoms with E-state index in [2.05, 4.69) is 10.5 Å². The summed E-state index contributed by atoms with van der Waals surface area (Å²) in [5.74, 6) is 0.811. The van der Waals surface area contributed by atoms with Gasteiger partial charge in [0.2, 0.25) is 0 Å². The number of rotatable bonds is 4. The van der Waals surface area contributed by atoms with Crippen LogP contribution in [-0.4, -0.2) is 12.3 Å². The van der Waals surface area contributed by atoms with Gasteiger partial charge in [0.05, 0.1) is 12.8 Å². The minimum atomic E-state index is -0.248. The molecule has 0 saturated carbocycles. The second-order valence-electron chi connectivity index (χ2n) is 5.65. The van der Waals surface area contributed by atoms with E-state index in [1.54, 1.807) is 13.2 Å². The Bertz CT molecular complexity index is 1100. The fraction of sp³-hybridized carbons (Fsp3) is 0.0500. The monoisotopic (exact) mass is 332 g/mol. The molecular weight excluding hydrogens is 316 g/mol. The predicted molar refractivity (Wildman–Crippen MR) is 98.5 cm³/mol. The number of ether oxygens (including phenoxy) is 1. The van der Waals surface area contributed by atoms with Crippen molar-refractivity contribution in [3.63, 3.8) is 0 Å². The summed E-state index contributed by atoms with van der Waals surface area (Å²) >= 11 is 0. The van der Waals surface area contributed by atoms with Crippen molar-refractivity contribution in [2.75, 3.05) is 12.4 Å². The van der Waals surface area contributed by atoms with Gasteiger partial charge in [-0.05, 0) is 47.5 Å². The largest absolute Gasteiger partial charge is 0.497 e. The molecule has 0 fully saturated rings. The average molecular weight is 332 g/mol. The molecule has 0 aliphatic carbocycles. The lowest BCUT2D eigenvalue weighted by Gasteiger charge is -2.10. The van der Waals surface area contributed by atoms with Crippen LogP contribution in [0, 0.1) is 0 Å². The minimum Gasteiger partial charge on any atom is -0.497 e. The molecule has 124 valence electrons. The molecule has 0 saturated heterocycles. The number of hydrogen-bond donors (Lipinski definition) is 2. The van der Waals surface area contributed by atoms with Crippen LogP contribution < -0.4 is 15.6 Å². The predicted octanol–water partition coefficient (Wildman–Crippen LogP) is 4.54. The topological polar surface area (TPSA) is 67.3 Å². The van der Waals surface area contributed by atoms with Crippen molar-refractivity contribution in [2.24, 2.45) is 0 Å². The van der Waals surface area contributed by atoms with Crippen LogP contribution in [0.1, 0.15) is 0 Å². The zero-order valence-corrected chi connectivity index (χ0v) is 13.6. The molecule has 25 heavy (non-hydrogen) atoms. The number of methoxy groups -OCH3 is 1. The Morgan fingerprint density at radius 1 is 0.960 bits per heavy atom. The van der Waals surface area contributed by atoms with Crippen LogP contribution in [0.4, 0.5) is 11.4 Å². The average Bonchev–Trinajstić information content (AvgIpc) is 3.04. The molecule has 0 spiro atoms. The molecule has 0 amide bonds. The molecule has 1 aromatic heterocycles. The van der Waals surface area contributed by atoms with E-state index in [0.717, 1.165) is 22.6 Å². The van der Waals surface area contributed by atoms with E-state index in [1.807, 2.05) is 60.7 Å². The summed E-state index contributed by atoms with van der Waals surface area (Å²) in [6, 6.07) is 21.3. The third-order valence-corrected chi connectivity index (χ3v) is 4.05. The molecule has 5 heteroatoms. The van der Waals surface area contributed by atoms with Gasteiger partial charge in [-0.1, -0.05) is 30.3 Å². The molecule has 0 atom stereocenters. The van der Waals surface area contributed by atoms with E-state index in [4.69, 9.17) is 9.26 Å². The van der Waals surface area contributed by atoms with Crippen LogP contribution in [-0.2, 0) is 0 Å². The van der Waals surface area contributed by atoms with Crippen LogP contribution in [0.3, 0.4) is 0 Å². The highest BCUT2D eigenvalue weighted by Crippen LogP contribution is 2.29. The Labute approximate surface area is 143 Å². The van der Waals surface area contributed by atoms with Crippen LogP contribution in [0.15, 0.2) is 76.0 Å². The molecule has 2 N–H and O–H groups in total. The summed E-state index contributed by atoms with van der Waals surface area (Å²) in [6.07, 6.45) is 0. The van der Waals surface area contributed by atoms with Gasteiger partial charge in [0.1, 0.15) is 11.1 Å². The molecule has 4 rings (SSSR count). The molecule has 4 aromatic rings. The highest BCUT2D eigenvalue weighted by atomic mass is 16.5. The van der Waals surface area contributed by atoms with Gasteiger partial charge in [-0.3, -0.25) is 4.79 Å². The summed E-state index contributed by atoms with van der Waals surface area (Å²) in [4.78, 5) is 11.9. The standard InChI is InChI=1S/C20H16N2O3/c1-24-16-8-3-6-14(12-16)13-5-2-7-15(11-13)21-17-9-4-10-18-19(17)20(23)22-25-18/h2-12,21H,1H3,(H,22,23). The second kappa shape index (κ2) is 6.20. The molecule has 3 aromatic carbocycles. The van der Waals surface area contributed by atoms with Crippen LogP contribution in [0.5, 0.6) is 5.75 Å². The van der Waals surface area contributed by atoms with Crippen molar-refractivity contribution in [2.45, 2.75) is 0 Å². The first kappa shape index (κ1) is 15.1. The summed E-state index contributed by atoms with van der Waals surface area (Å²) in [5, 5.41) is 6.18. The van der Waals surface area contributed by atoms with Crippen LogP contribution in [0.25, 0.3) is 22.1 Å². The maximum Gasteiger partial charge on any atom is 0.289 e. The van der Waals surface area contributed by atoms with E-state index >= 15 is 0 Å². The highest BCUT2D eigenvalue weighted by Gasteiger charge is 2.09. The molecule has 0 unspecified atom stereocenters. The number of hydrogen-bond acceptors (Lipinski definition) is 4. The van der Waals surface area contributed by atoms with E-state index in [0.29, 0.717) is 16.7 Å². The fourth-order valence-corrected chi connectivity index (χ4v) is 2.84. The first-order valence-corrected chi connectivity index (χ1v) is 7.86. The first-order valence-electron chi connectivity index (χ1n) is 7.86. The van der Waals surface area contributed by atoms with Crippen LogP contribution in [0.2, 0.25) is 0 Å². The third kappa shape index (κ3) is 2.87. The van der Waals surface area contributed by atoms with Crippen molar-refractivity contribution < 1.29 is 9.26 Å². The lowest BCUT2D eigenvalue weighted by molar-refractivity contribution is 0.415. The van der Waals surface area contributed by atoms with Gasteiger partial charge >= 0.3 is 0 Å². The van der Waals surface area contributed by atoms with E-state index < -0.39 is 0 Å². The Hall–Kier alpha value is -3.47. The van der Waals surface area contributed by atoms with Crippen LogP contribution >= 0.6 is 0 Å². The lowest BCUT2D eigenvalue weighted by Crippen LogP contribution is -2.01. The fourth-order valence-electron chi connectivity index (χ4n) is 2.84. The summed E-state index contributed by atoms with van der Waals surface area (Å²) in [6.45, 7) is 0. The number of H-pyrrole nitrogens is 1. The molecule has 5 nitrogen and oxygen atoms in total. The Kier molecular flexibility index (Phi) is 3.74. The van der Waals surface area contributed by atoms with Crippen molar-refractivity contribution in [3.05, 3.63) is 77.1 Å². The lowest BCUT2D eigenvalue weighted by atomic mass is 10.0. The van der Waals surface area contributed by atoms with Crippen molar-refractivity contribution >= 4 is 22.3 Å². The molecule has 0 radical (unpaired) electrons. The van der Waals surface area contributed by atoms with Crippen molar-refractivity contribution in [1.82, 2.24) is 5.16 Å². The SMILES string of the molecule is COc1cccc(-c2cccc(Nc3cccc4o[nH]c(=O)c34)c2)c1. The zero-order valence-electron chi connectivity index (χ0n) is 13.6. The summed E-state index contributed by atoms with van der Waals surface area (Å²) in [5.41, 5.74) is 3.98. The number of aromatic nitrogens is 1. The number of fused-ring (bicyclic) bond motifs is 1. The Balaban J connectivity index is 1.72. The van der Waals surface area contributed by atoms with E-state index in [9.17, 15) is 4.79 Å². The maximum atomic E-state index is 11.9. The Morgan fingerprint density at radius 3 is 2.56 bits per heavy atom. The van der Waals surface area contributed by atoms with Gasteiger partial charge in [0.15, 0.2) is 5.58 Å². The summed E-state index contributed by atoms with van der Waals surface area (Å²) in [7, 11) is 1.65. The summed E-state index contributed by atoms with van der Waals surface area (Å²) < 4.78 is 10.4. The van der Waals surface area contributed by atoms with Gasteiger partial charge in [-0.2, -0.15) is 5.16 Å². The number of anilines is 2. The number of benzene rings is 3. The van der Waals surface area contributed by atoms with E-state index in [1.165, 1.54) is 0 Å².